The second-order valence-electron chi connectivity index (χ2n) is 9.82. The first-order valence-electron chi connectivity index (χ1n) is 12.8. The van der Waals surface area contributed by atoms with Crippen molar-refractivity contribution in [2.24, 2.45) is 13.0 Å². The number of hydrogen-bond donors (Lipinski definition) is 1. The third-order valence-corrected chi connectivity index (χ3v) is 6.11. The summed E-state index contributed by atoms with van der Waals surface area (Å²) in [6.45, 7) is 8.29. The van der Waals surface area contributed by atoms with Crippen molar-refractivity contribution in [1.29, 1.82) is 0 Å². The Kier molecular flexibility index (Phi) is 10.3. The van der Waals surface area contributed by atoms with E-state index in [1.54, 1.807) is 17.0 Å². The van der Waals surface area contributed by atoms with Crippen molar-refractivity contribution < 1.29 is 4.39 Å². The summed E-state index contributed by atoms with van der Waals surface area (Å²) in [4.78, 5) is 22.0. The fourth-order valence-corrected chi connectivity index (χ4v) is 4.15. The van der Waals surface area contributed by atoms with Gasteiger partial charge in [0.1, 0.15) is 12.0 Å². The Bertz CT molecular complexity index is 1430. The van der Waals surface area contributed by atoms with Crippen molar-refractivity contribution in [3.63, 3.8) is 0 Å². The van der Waals surface area contributed by atoms with E-state index in [9.17, 15) is 9.18 Å². The number of hydrogen-bond acceptors (Lipinski definition) is 4. The maximum Gasteiger partial charge on any atom is 0.260 e. The lowest BCUT2D eigenvalue weighted by Gasteiger charge is -2.24. The van der Waals surface area contributed by atoms with Crippen LogP contribution in [0.15, 0.2) is 84.2 Å². The van der Waals surface area contributed by atoms with Gasteiger partial charge in [0.05, 0.1) is 17.6 Å². The van der Waals surface area contributed by atoms with Crippen LogP contribution in [0.1, 0.15) is 38.2 Å². The molecule has 1 aliphatic rings. The number of pyridine rings is 2. The molecule has 0 spiro atoms. The van der Waals surface area contributed by atoms with E-state index >= 15 is 0 Å². The molecule has 0 bridgehead atoms. The number of rotatable bonds is 5. The smallest absolute Gasteiger partial charge is 0.260 e. The van der Waals surface area contributed by atoms with Gasteiger partial charge in [-0.3, -0.25) is 9.78 Å². The van der Waals surface area contributed by atoms with Crippen LogP contribution in [0, 0.1) is 5.92 Å². The molecule has 0 aliphatic heterocycles. The minimum Gasteiger partial charge on any atom is -0.334 e. The summed E-state index contributed by atoms with van der Waals surface area (Å²) in [5, 5.41) is 4.26. The van der Waals surface area contributed by atoms with Crippen molar-refractivity contribution in [1.82, 2.24) is 24.4 Å². The maximum atomic E-state index is 13.1. The number of nitrogens with one attached hydrogen (secondary N) is 1. The molecule has 0 amide bonds. The highest BCUT2D eigenvalue weighted by Crippen LogP contribution is 2.28. The molecule has 1 N–H and O–H groups in total. The molecule has 7 heteroatoms. The fraction of sp³-hybridized carbons (Fsp3) is 0.323. The summed E-state index contributed by atoms with van der Waals surface area (Å²) in [5.74, 6) is 1.49. The lowest BCUT2D eigenvalue weighted by Crippen LogP contribution is -2.21. The van der Waals surface area contributed by atoms with Crippen LogP contribution in [0.4, 0.5) is 4.39 Å². The highest BCUT2D eigenvalue weighted by molar-refractivity contribution is 5.95. The van der Waals surface area contributed by atoms with E-state index in [-0.39, 0.29) is 5.56 Å². The Labute approximate surface area is 224 Å². The van der Waals surface area contributed by atoms with Gasteiger partial charge < -0.3 is 14.5 Å². The Morgan fingerprint density at radius 1 is 1.16 bits per heavy atom. The van der Waals surface area contributed by atoms with E-state index < -0.39 is 6.17 Å². The van der Waals surface area contributed by atoms with Crippen molar-refractivity contribution in [2.75, 3.05) is 14.1 Å². The molecule has 0 atom stereocenters. The highest BCUT2D eigenvalue weighted by atomic mass is 19.1. The van der Waals surface area contributed by atoms with Crippen LogP contribution in [0.25, 0.3) is 28.0 Å². The van der Waals surface area contributed by atoms with Gasteiger partial charge in [0, 0.05) is 37.4 Å². The Balaban J connectivity index is 0.000000380. The standard InChI is InChI=1S/C24H22N4O.C5H9F.C2H7N/c1-17(2)9-10-23-26-19(15-27(23)3)16-28-12-11-20-21(18-7-5-4-6-8-18)13-25-14-22(20)24(28)29;1-4-2-5(6)3-4;1-3-2/h4-15H,1,16H2,2-3H3;4-5H,2-3H2,1H3;3H,1-2H3/b10-9-;;. The molecule has 1 fully saturated rings. The van der Waals surface area contributed by atoms with Gasteiger partial charge in [0.25, 0.3) is 5.56 Å². The van der Waals surface area contributed by atoms with Crippen LogP contribution in [-0.2, 0) is 13.6 Å². The number of alkyl halides is 1. The predicted octanol–water partition coefficient (Wildman–Crippen LogP) is 6.02. The predicted molar refractivity (Wildman–Crippen MR) is 156 cm³/mol. The molecule has 4 aromatic rings. The van der Waals surface area contributed by atoms with Crippen LogP contribution >= 0.6 is 0 Å². The molecule has 0 unspecified atom stereocenters. The Hall–Kier alpha value is -3.84. The second-order valence-corrected chi connectivity index (χ2v) is 9.82. The molecule has 38 heavy (non-hydrogen) atoms. The van der Waals surface area contributed by atoms with Gasteiger partial charge in [-0.2, -0.15) is 0 Å². The molecule has 6 nitrogen and oxygen atoms in total. The summed E-state index contributed by atoms with van der Waals surface area (Å²) < 4.78 is 15.4. The highest BCUT2D eigenvalue weighted by Gasteiger charge is 2.23. The molecule has 1 aliphatic carbocycles. The number of nitrogens with zero attached hydrogens (tertiary/aromatic N) is 4. The zero-order chi connectivity index (χ0) is 27.7. The van der Waals surface area contributed by atoms with Crippen molar-refractivity contribution in [3.05, 3.63) is 101 Å². The number of halogens is 1. The third kappa shape index (κ3) is 7.59. The summed E-state index contributed by atoms with van der Waals surface area (Å²) in [5.41, 5.74) is 3.71. The van der Waals surface area contributed by atoms with Crippen LogP contribution in [0.3, 0.4) is 0 Å². The van der Waals surface area contributed by atoms with E-state index in [2.05, 4.69) is 28.8 Å². The molecule has 200 valence electrons. The molecule has 0 radical (unpaired) electrons. The normalized spacial score (nSPS) is 16.3. The average Bonchev–Trinajstić information content (AvgIpc) is 3.23. The summed E-state index contributed by atoms with van der Waals surface area (Å²) in [7, 11) is 5.69. The minimum absolute atomic E-state index is 0.0718. The topological polar surface area (TPSA) is 64.7 Å². The fourth-order valence-electron chi connectivity index (χ4n) is 4.15. The first-order chi connectivity index (χ1) is 18.2. The SMILES string of the molecule is C=C(C)/C=C\c1nc(Cn2ccc3c(-c4ccccc4)cncc3c2=O)cn1C.CC1CC(F)C1.CNC. The van der Waals surface area contributed by atoms with Gasteiger partial charge in [0.2, 0.25) is 0 Å². The summed E-state index contributed by atoms with van der Waals surface area (Å²) in [6.07, 6.45) is 12.2. The van der Waals surface area contributed by atoms with Crippen molar-refractivity contribution in [3.8, 4) is 11.1 Å². The van der Waals surface area contributed by atoms with Crippen LogP contribution in [0.2, 0.25) is 0 Å². The van der Waals surface area contributed by atoms with Crippen LogP contribution in [-0.4, -0.2) is 39.4 Å². The molecule has 3 heterocycles. The number of aryl methyl sites for hydroxylation is 1. The molecular formula is C31H38FN5O. The van der Waals surface area contributed by atoms with E-state index in [1.165, 1.54) is 0 Å². The van der Waals surface area contributed by atoms with E-state index in [4.69, 9.17) is 0 Å². The Morgan fingerprint density at radius 3 is 2.42 bits per heavy atom. The number of aromatic nitrogens is 4. The van der Waals surface area contributed by atoms with Gasteiger partial charge in [-0.15, -0.1) is 0 Å². The molecule has 5 rings (SSSR count). The maximum absolute atomic E-state index is 13.1. The number of benzene rings is 1. The summed E-state index contributed by atoms with van der Waals surface area (Å²) >= 11 is 0. The quantitative estimate of drug-likeness (QED) is 0.330. The third-order valence-electron chi connectivity index (χ3n) is 6.11. The van der Waals surface area contributed by atoms with Gasteiger partial charge in [-0.05, 0) is 62.9 Å². The first-order valence-corrected chi connectivity index (χ1v) is 12.8. The zero-order valence-electron chi connectivity index (χ0n) is 23.0. The molecule has 1 saturated carbocycles. The lowest BCUT2D eigenvalue weighted by molar-refractivity contribution is 0.144. The van der Waals surface area contributed by atoms with Gasteiger partial charge >= 0.3 is 0 Å². The van der Waals surface area contributed by atoms with Crippen LogP contribution < -0.4 is 10.9 Å². The first kappa shape index (κ1) is 28.7. The largest absolute Gasteiger partial charge is 0.334 e. The monoisotopic (exact) mass is 515 g/mol. The van der Waals surface area contributed by atoms with Gasteiger partial charge in [0.15, 0.2) is 0 Å². The van der Waals surface area contributed by atoms with E-state index in [0.717, 1.165) is 46.4 Å². The minimum atomic E-state index is -0.458. The number of fused-ring (bicyclic) bond motifs is 1. The molecule has 1 aromatic carbocycles. The number of allylic oxidation sites excluding steroid dienone is 2. The van der Waals surface area contributed by atoms with E-state index in [1.807, 2.05) is 93.6 Å². The molecular weight excluding hydrogens is 477 g/mol. The average molecular weight is 516 g/mol. The Morgan fingerprint density at radius 2 is 1.84 bits per heavy atom. The van der Waals surface area contributed by atoms with Crippen molar-refractivity contribution >= 4 is 16.8 Å². The van der Waals surface area contributed by atoms with Crippen LogP contribution in [0.5, 0.6) is 0 Å². The molecule has 0 saturated heterocycles. The molecule has 3 aromatic heterocycles. The number of imidazole rings is 1. The van der Waals surface area contributed by atoms with Gasteiger partial charge in [-0.25, -0.2) is 9.37 Å². The van der Waals surface area contributed by atoms with Gasteiger partial charge in [-0.1, -0.05) is 55.5 Å². The summed E-state index contributed by atoms with van der Waals surface area (Å²) in [6, 6.07) is 12.0. The second kappa shape index (κ2) is 13.6. The zero-order valence-corrected chi connectivity index (χ0v) is 23.0. The van der Waals surface area contributed by atoms with E-state index in [0.29, 0.717) is 17.8 Å². The van der Waals surface area contributed by atoms with Crippen molar-refractivity contribution in [2.45, 2.75) is 39.4 Å². The lowest BCUT2D eigenvalue weighted by atomic mass is 9.85.